The van der Waals surface area contributed by atoms with Crippen LogP contribution in [0.1, 0.15) is 6.42 Å². The summed E-state index contributed by atoms with van der Waals surface area (Å²) in [6, 6.07) is 7.69. The summed E-state index contributed by atoms with van der Waals surface area (Å²) in [4.78, 5) is 16.5. The van der Waals surface area contributed by atoms with Gasteiger partial charge in [0.15, 0.2) is 0 Å². The van der Waals surface area contributed by atoms with Gasteiger partial charge >= 0.3 is 0 Å². The summed E-state index contributed by atoms with van der Waals surface area (Å²) in [5.74, 6) is 1.48. The number of rotatable bonds is 4. The number of anilines is 1. The molecule has 1 aromatic carbocycles. The Morgan fingerprint density at radius 1 is 1.33 bits per heavy atom. The van der Waals surface area contributed by atoms with E-state index in [4.69, 9.17) is 9.47 Å². The Labute approximate surface area is 125 Å². The molecule has 0 radical (unpaired) electrons. The Balaban J connectivity index is 1.64. The highest BCUT2D eigenvalue weighted by Crippen LogP contribution is 2.29. The monoisotopic (exact) mass is 290 g/mol. The number of methoxy groups -OCH3 is 1. The van der Waals surface area contributed by atoms with E-state index in [-0.39, 0.29) is 5.91 Å². The van der Waals surface area contributed by atoms with E-state index in [1.807, 2.05) is 29.2 Å². The Kier molecular flexibility index (Phi) is 4.41. The predicted molar refractivity (Wildman–Crippen MR) is 80.7 cm³/mol. The first kappa shape index (κ1) is 14.4. The molecule has 1 unspecified atom stereocenters. The van der Waals surface area contributed by atoms with Gasteiger partial charge in [-0.15, -0.1) is 0 Å². The van der Waals surface area contributed by atoms with Crippen molar-refractivity contribution >= 4 is 11.6 Å². The molecule has 2 fully saturated rings. The summed E-state index contributed by atoms with van der Waals surface area (Å²) in [5, 5.41) is 0. The average molecular weight is 290 g/mol. The first-order chi connectivity index (χ1) is 10.3. The van der Waals surface area contributed by atoms with Crippen molar-refractivity contribution in [2.45, 2.75) is 6.42 Å². The number of para-hydroxylation sites is 2. The predicted octanol–water partition coefficient (Wildman–Crippen LogP) is 1.38. The van der Waals surface area contributed by atoms with E-state index in [9.17, 15) is 4.79 Å². The van der Waals surface area contributed by atoms with Gasteiger partial charge in [-0.05, 0) is 24.5 Å². The zero-order valence-corrected chi connectivity index (χ0v) is 12.5. The van der Waals surface area contributed by atoms with Crippen molar-refractivity contribution in [1.29, 1.82) is 0 Å². The lowest BCUT2D eigenvalue weighted by Crippen LogP contribution is -2.51. The minimum absolute atomic E-state index is 0.143. The Morgan fingerprint density at radius 2 is 2.19 bits per heavy atom. The number of amides is 1. The highest BCUT2D eigenvalue weighted by Gasteiger charge is 2.29. The molecule has 0 aromatic heterocycles. The minimum Gasteiger partial charge on any atom is -0.495 e. The second-order valence-corrected chi connectivity index (χ2v) is 5.68. The van der Waals surface area contributed by atoms with Gasteiger partial charge in [-0.3, -0.25) is 9.69 Å². The van der Waals surface area contributed by atoms with Crippen molar-refractivity contribution in [3.05, 3.63) is 24.3 Å². The number of carbonyl (C=O) groups excluding carboxylic acids is 1. The molecular formula is C16H22N2O3. The normalized spacial score (nSPS) is 23.6. The summed E-state index contributed by atoms with van der Waals surface area (Å²) in [5.41, 5.74) is 0.869. The number of hydrogen-bond acceptors (Lipinski definition) is 4. The fourth-order valence-corrected chi connectivity index (χ4v) is 3.08. The van der Waals surface area contributed by atoms with Gasteiger partial charge < -0.3 is 14.4 Å². The third-order valence-corrected chi connectivity index (χ3v) is 4.22. The summed E-state index contributed by atoms with van der Waals surface area (Å²) in [7, 11) is 1.64. The number of hydrogen-bond donors (Lipinski definition) is 0. The van der Waals surface area contributed by atoms with Gasteiger partial charge in [0.25, 0.3) is 0 Å². The van der Waals surface area contributed by atoms with Gasteiger partial charge in [0.2, 0.25) is 5.91 Å². The lowest BCUT2D eigenvalue weighted by Gasteiger charge is -2.35. The van der Waals surface area contributed by atoms with Crippen molar-refractivity contribution in [1.82, 2.24) is 4.90 Å². The highest BCUT2D eigenvalue weighted by atomic mass is 16.5. The second-order valence-electron chi connectivity index (χ2n) is 5.68. The van der Waals surface area contributed by atoms with Crippen LogP contribution in [0.15, 0.2) is 24.3 Å². The molecule has 114 valence electrons. The smallest absolute Gasteiger partial charge is 0.241 e. The molecule has 2 aliphatic heterocycles. The SMILES string of the molecule is COc1ccccc1N1CCN(CC2CCOC2)CC1=O. The van der Waals surface area contributed by atoms with Crippen LogP contribution in [-0.2, 0) is 9.53 Å². The molecule has 21 heavy (non-hydrogen) atoms. The second kappa shape index (κ2) is 6.45. The van der Waals surface area contributed by atoms with Crippen LogP contribution < -0.4 is 9.64 Å². The van der Waals surface area contributed by atoms with E-state index in [0.29, 0.717) is 19.0 Å². The Hall–Kier alpha value is -1.59. The first-order valence-electron chi connectivity index (χ1n) is 7.51. The average Bonchev–Trinajstić information content (AvgIpc) is 3.00. The molecule has 5 heteroatoms. The van der Waals surface area contributed by atoms with E-state index in [2.05, 4.69) is 4.90 Å². The number of ether oxygens (including phenoxy) is 2. The molecular weight excluding hydrogens is 268 g/mol. The van der Waals surface area contributed by atoms with Crippen LogP contribution in [0.25, 0.3) is 0 Å². The Morgan fingerprint density at radius 3 is 2.90 bits per heavy atom. The number of nitrogens with zero attached hydrogens (tertiary/aromatic N) is 2. The van der Waals surface area contributed by atoms with E-state index < -0.39 is 0 Å². The molecule has 2 heterocycles. The van der Waals surface area contributed by atoms with Gasteiger partial charge in [-0.2, -0.15) is 0 Å². The molecule has 2 saturated heterocycles. The van der Waals surface area contributed by atoms with Crippen molar-refractivity contribution in [3.8, 4) is 5.75 Å². The summed E-state index contributed by atoms with van der Waals surface area (Å²) < 4.78 is 10.8. The van der Waals surface area contributed by atoms with Crippen LogP contribution >= 0.6 is 0 Å². The van der Waals surface area contributed by atoms with E-state index >= 15 is 0 Å². The van der Waals surface area contributed by atoms with Gasteiger partial charge in [0.1, 0.15) is 5.75 Å². The van der Waals surface area contributed by atoms with Crippen molar-refractivity contribution in [2.24, 2.45) is 5.92 Å². The van der Waals surface area contributed by atoms with Crippen LogP contribution in [0.5, 0.6) is 5.75 Å². The molecule has 0 spiro atoms. The molecule has 0 saturated carbocycles. The number of piperazine rings is 1. The summed E-state index contributed by atoms with van der Waals surface area (Å²) >= 11 is 0. The van der Waals surface area contributed by atoms with Crippen molar-refractivity contribution in [2.75, 3.05) is 51.4 Å². The van der Waals surface area contributed by atoms with E-state index in [0.717, 1.165) is 44.2 Å². The Bertz CT molecular complexity index is 500. The van der Waals surface area contributed by atoms with Crippen molar-refractivity contribution < 1.29 is 14.3 Å². The fraction of sp³-hybridized carbons (Fsp3) is 0.562. The topological polar surface area (TPSA) is 42.0 Å². The molecule has 1 aromatic rings. The minimum atomic E-state index is 0.143. The van der Waals surface area contributed by atoms with Gasteiger partial charge in [-0.25, -0.2) is 0 Å². The van der Waals surface area contributed by atoms with Gasteiger partial charge in [0, 0.05) is 26.2 Å². The zero-order valence-electron chi connectivity index (χ0n) is 12.5. The van der Waals surface area contributed by atoms with Crippen LogP contribution in [0.2, 0.25) is 0 Å². The van der Waals surface area contributed by atoms with Crippen LogP contribution in [0.4, 0.5) is 5.69 Å². The van der Waals surface area contributed by atoms with E-state index in [1.54, 1.807) is 7.11 Å². The van der Waals surface area contributed by atoms with E-state index in [1.165, 1.54) is 0 Å². The lowest BCUT2D eigenvalue weighted by atomic mass is 10.1. The number of benzene rings is 1. The summed E-state index contributed by atoms with van der Waals surface area (Å²) in [6.45, 7) is 4.76. The molecule has 0 N–H and O–H groups in total. The highest BCUT2D eigenvalue weighted by molar-refractivity contribution is 5.96. The molecule has 0 aliphatic carbocycles. The van der Waals surface area contributed by atoms with Crippen LogP contribution in [0, 0.1) is 5.92 Å². The van der Waals surface area contributed by atoms with Crippen LogP contribution in [0.3, 0.4) is 0 Å². The molecule has 2 aliphatic rings. The van der Waals surface area contributed by atoms with Gasteiger partial charge in [-0.1, -0.05) is 12.1 Å². The summed E-state index contributed by atoms with van der Waals surface area (Å²) in [6.07, 6.45) is 1.11. The third-order valence-electron chi connectivity index (χ3n) is 4.22. The molecule has 3 rings (SSSR count). The molecule has 0 bridgehead atoms. The molecule has 1 amide bonds. The molecule has 5 nitrogen and oxygen atoms in total. The first-order valence-corrected chi connectivity index (χ1v) is 7.51. The maximum absolute atomic E-state index is 12.4. The third kappa shape index (κ3) is 3.19. The van der Waals surface area contributed by atoms with Gasteiger partial charge in [0.05, 0.1) is 25.9 Å². The lowest BCUT2D eigenvalue weighted by molar-refractivity contribution is -0.121. The largest absolute Gasteiger partial charge is 0.495 e. The molecule has 1 atom stereocenters. The number of carbonyl (C=O) groups is 1. The maximum atomic E-state index is 12.4. The zero-order chi connectivity index (χ0) is 14.7. The van der Waals surface area contributed by atoms with Crippen molar-refractivity contribution in [3.63, 3.8) is 0 Å². The van der Waals surface area contributed by atoms with Crippen LogP contribution in [-0.4, -0.2) is 57.3 Å². The standard InChI is InChI=1S/C16H22N2O3/c1-20-15-5-3-2-4-14(15)18-8-7-17(11-16(18)19)10-13-6-9-21-12-13/h2-5,13H,6-12H2,1H3. The fourth-order valence-electron chi connectivity index (χ4n) is 3.08. The quantitative estimate of drug-likeness (QED) is 0.840. The maximum Gasteiger partial charge on any atom is 0.241 e.